The molecule has 0 N–H and O–H groups in total. The topological polar surface area (TPSA) is 65.1 Å². The van der Waals surface area contributed by atoms with Crippen molar-refractivity contribution in [2.45, 2.75) is 25.4 Å². The average molecular weight is 470 g/mol. The highest BCUT2D eigenvalue weighted by molar-refractivity contribution is 6.06. The summed E-state index contributed by atoms with van der Waals surface area (Å²) in [5.41, 5.74) is 7.00. The van der Waals surface area contributed by atoms with Gasteiger partial charge < -0.3 is 19.1 Å². The van der Waals surface area contributed by atoms with E-state index < -0.39 is 24.0 Å². The third kappa shape index (κ3) is 3.66. The van der Waals surface area contributed by atoms with E-state index in [0.717, 1.165) is 39.3 Å². The highest BCUT2D eigenvalue weighted by Crippen LogP contribution is 2.58. The number of nitrogens with zero attached hydrogens (tertiary/aromatic N) is 1. The minimum Gasteiger partial charge on any atom is -0.497 e. The minimum absolute atomic E-state index is 0.347. The lowest BCUT2D eigenvalue weighted by atomic mass is 9.86. The fourth-order valence-electron chi connectivity index (χ4n) is 5.31. The van der Waals surface area contributed by atoms with Gasteiger partial charge in [-0.3, -0.25) is 0 Å². The number of anilines is 1. The van der Waals surface area contributed by atoms with Crippen LogP contribution < -0.4 is 9.64 Å². The Morgan fingerprint density at radius 2 is 1.37 bits per heavy atom. The summed E-state index contributed by atoms with van der Waals surface area (Å²) in [6, 6.07) is 21.4. The molecule has 0 radical (unpaired) electrons. The smallest absolute Gasteiger partial charge is 0.336 e. The maximum atomic E-state index is 13.0. The summed E-state index contributed by atoms with van der Waals surface area (Å²) in [6.07, 6.45) is 0.688. The van der Waals surface area contributed by atoms with Gasteiger partial charge in [-0.15, -0.1) is 0 Å². The molecule has 2 aliphatic rings. The van der Waals surface area contributed by atoms with Crippen LogP contribution in [0.2, 0.25) is 0 Å². The van der Waals surface area contributed by atoms with Gasteiger partial charge in [0.2, 0.25) is 0 Å². The summed E-state index contributed by atoms with van der Waals surface area (Å²) in [6.45, 7) is 2.04. The molecule has 5 rings (SSSR count). The number of carbonyl (C=O) groups excluding carboxylic acids is 2. The highest BCUT2D eigenvalue weighted by Gasteiger charge is 2.54. The Bertz CT molecular complexity index is 1290. The van der Waals surface area contributed by atoms with Crippen LogP contribution in [-0.2, 0) is 25.5 Å². The zero-order valence-electron chi connectivity index (χ0n) is 20.2. The van der Waals surface area contributed by atoms with Gasteiger partial charge in [0.1, 0.15) is 5.75 Å². The maximum Gasteiger partial charge on any atom is 0.336 e. The van der Waals surface area contributed by atoms with Crippen LogP contribution in [-0.4, -0.2) is 33.3 Å². The third-order valence-corrected chi connectivity index (χ3v) is 6.86. The Hall–Kier alpha value is -4.06. The second-order valence-corrected chi connectivity index (χ2v) is 8.81. The van der Waals surface area contributed by atoms with Crippen LogP contribution in [0.4, 0.5) is 5.69 Å². The van der Waals surface area contributed by atoms with Crippen LogP contribution in [0.3, 0.4) is 0 Å². The highest BCUT2D eigenvalue weighted by atomic mass is 16.5. The monoisotopic (exact) mass is 469 g/mol. The Balaban J connectivity index is 1.66. The third-order valence-electron chi connectivity index (χ3n) is 6.86. The number of fused-ring (bicyclic) bond motifs is 5. The lowest BCUT2D eigenvalue weighted by Crippen LogP contribution is -2.25. The van der Waals surface area contributed by atoms with Gasteiger partial charge in [-0.2, -0.15) is 0 Å². The molecule has 2 bridgehead atoms. The van der Waals surface area contributed by atoms with Crippen molar-refractivity contribution in [3.05, 3.63) is 106 Å². The van der Waals surface area contributed by atoms with Gasteiger partial charge in [0.05, 0.1) is 44.6 Å². The molecule has 0 saturated carbocycles. The van der Waals surface area contributed by atoms with Crippen LogP contribution >= 0.6 is 0 Å². The van der Waals surface area contributed by atoms with Crippen molar-refractivity contribution >= 4 is 17.6 Å². The number of hydrogen-bond acceptors (Lipinski definition) is 6. The molecule has 0 fully saturated rings. The van der Waals surface area contributed by atoms with Crippen LogP contribution in [0.15, 0.2) is 77.9 Å². The number of ether oxygens (including phenoxy) is 3. The van der Waals surface area contributed by atoms with Crippen molar-refractivity contribution in [3.63, 3.8) is 0 Å². The normalized spacial score (nSPS) is 17.9. The number of benzene rings is 3. The molecular formula is C29H27NO5. The molecule has 6 nitrogen and oxygen atoms in total. The van der Waals surface area contributed by atoms with E-state index in [1.807, 2.05) is 55.5 Å². The summed E-state index contributed by atoms with van der Waals surface area (Å²) in [4.78, 5) is 28.2. The van der Waals surface area contributed by atoms with Gasteiger partial charge in [-0.25, -0.2) is 9.59 Å². The standard InChI is InChI=1S/C29H27NO5/c1-17-9-12-19(16-18-10-13-20(33-2)14-11-18)23(15-17)30-26-21-7-5-6-8-22(21)27(30)25(29(32)35-4)24(26)28(31)34-3/h5-15,26-27H,16H2,1-4H3/t26-,27+. The molecule has 35 heavy (non-hydrogen) atoms. The number of hydrogen-bond donors (Lipinski definition) is 0. The van der Waals surface area contributed by atoms with Gasteiger partial charge in [-0.05, 0) is 59.4 Å². The van der Waals surface area contributed by atoms with E-state index in [4.69, 9.17) is 14.2 Å². The second-order valence-electron chi connectivity index (χ2n) is 8.81. The van der Waals surface area contributed by atoms with Gasteiger partial charge in [0, 0.05) is 5.69 Å². The molecule has 2 atom stereocenters. The first kappa shape index (κ1) is 22.7. The summed E-state index contributed by atoms with van der Waals surface area (Å²) in [7, 11) is 4.33. The largest absolute Gasteiger partial charge is 0.497 e. The van der Waals surface area contributed by atoms with Crippen LogP contribution in [0.5, 0.6) is 5.75 Å². The van der Waals surface area contributed by atoms with Crippen LogP contribution in [0.1, 0.15) is 39.9 Å². The molecule has 0 amide bonds. The molecule has 0 aromatic heterocycles. The van der Waals surface area contributed by atoms with Crippen molar-refractivity contribution < 1.29 is 23.8 Å². The van der Waals surface area contributed by atoms with Crippen molar-refractivity contribution in [2.75, 3.05) is 26.2 Å². The molecule has 6 heteroatoms. The van der Waals surface area contributed by atoms with E-state index in [1.54, 1.807) is 7.11 Å². The van der Waals surface area contributed by atoms with E-state index in [2.05, 4.69) is 23.1 Å². The average Bonchev–Trinajstić information content (AvgIpc) is 3.41. The van der Waals surface area contributed by atoms with E-state index in [0.29, 0.717) is 17.6 Å². The number of rotatable bonds is 6. The molecule has 0 unspecified atom stereocenters. The lowest BCUT2D eigenvalue weighted by Gasteiger charge is -2.29. The zero-order valence-corrected chi connectivity index (χ0v) is 20.2. The maximum absolute atomic E-state index is 13.0. The first-order valence-corrected chi connectivity index (χ1v) is 11.5. The molecule has 0 saturated heterocycles. The van der Waals surface area contributed by atoms with Crippen molar-refractivity contribution in [1.29, 1.82) is 0 Å². The fraction of sp³-hybridized carbons (Fsp3) is 0.241. The SMILES string of the molecule is COC(=O)C1=C(C(=O)OC)[C@H]2c3ccccc3[C@@H]1N2c1cc(C)ccc1Cc1ccc(OC)cc1. The van der Waals surface area contributed by atoms with E-state index in [-0.39, 0.29) is 0 Å². The number of carbonyl (C=O) groups is 2. The summed E-state index contributed by atoms with van der Waals surface area (Å²) < 4.78 is 15.6. The van der Waals surface area contributed by atoms with Crippen molar-refractivity contribution in [2.24, 2.45) is 0 Å². The Morgan fingerprint density at radius 1 is 0.800 bits per heavy atom. The molecule has 178 valence electrons. The van der Waals surface area contributed by atoms with Crippen molar-refractivity contribution in [1.82, 2.24) is 0 Å². The van der Waals surface area contributed by atoms with E-state index in [9.17, 15) is 9.59 Å². The van der Waals surface area contributed by atoms with Gasteiger partial charge >= 0.3 is 11.9 Å². The number of esters is 2. The zero-order chi connectivity index (χ0) is 24.7. The fourth-order valence-corrected chi connectivity index (χ4v) is 5.31. The molecule has 0 aliphatic carbocycles. The summed E-state index contributed by atoms with van der Waals surface area (Å²) in [5, 5.41) is 0. The van der Waals surface area contributed by atoms with E-state index >= 15 is 0 Å². The molecule has 2 heterocycles. The summed E-state index contributed by atoms with van der Waals surface area (Å²) in [5.74, 6) is -0.218. The number of aryl methyl sites for hydroxylation is 1. The number of methoxy groups -OCH3 is 3. The second kappa shape index (κ2) is 8.95. The first-order chi connectivity index (χ1) is 17.0. The van der Waals surface area contributed by atoms with Crippen LogP contribution in [0, 0.1) is 6.92 Å². The summed E-state index contributed by atoms with van der Waals surface area (Å²) >= 11 is 0. The first-order valence-electron chi connectivity index (χ1n) is 11.5. The minimum atomic E-state index is -0.512. The molecule has 3 aromatic carbocycles. The molecule has 0 spiro atoms. The van der Waals surface area contributed by atoms with Gasteiger partial charge in [-0.1, -0.05) is 48.5 Å². The lowest BCUT2D eigenvalue weighted by molar-refractivity contribution is -0.139. The van der Waals surface area contributed by atoms with Gasteiger partial charge in [0.25, 0.3) is 0 Å². The Labute approximate surface area is 204 Å². The predicted octanol–water partition coefficient (Wildman–Crippen LogP) is 4.85. The quantitative estimate of drug-likeness (QED) is 0.481. The van der Waals surface area contributed by atoms with Crippen LogP contribution in [0.25, 0.3) is 0 Å². The Kier molecular flexibility index (Phi) is 5.81. The van der Waals surface area contributed by atoms with E-state index in [1.165, 1.54) is 14.2 Å². The van der Waals surface area contributed by atoms with Crippen molar-refractivity contribution in [3.8, 4) is 5.75 Å². The van der Waals surface area contributed by atoms with Gasteiger partial charge in [0.15, 0.2) is 0 Å². The Morgan fingerprint density at radius 3 is 1.89 bits per heavy atom. The predicted molar refractivity (Wildman–Crippen MR) is 132 cm³/mol. The molecule has 2 aliphatic heterocycles. The molecular weight excluding hydrogens is 442 g/mol. The molecule has 3 aromatic rings.